The maximum Gasteiger partial charge on any atom is 0.252 e. The van der Waals surface area contributed by atoms with Crippen LogP contribution in [0.3, 0.4) is 0 Å². The van der Waals surface area contributed by atoms with Crippen molar-refractivity contribution in [3.8, 4) is 0 Å². The van der Waals surface area contributed by atoms with Gasteiger partial charge >= 0.3 is 0 Å². The van der Waals surface area contributed by atoms with Gasteiger partial charge in [-0.1, -0.05) is 36.4 Å². The zero-order valence-electron chi connectivity index (χ0n) is 19.0. The highest BCUT2D eigenvalue weighted by molar-refractivity contribution is 6.31. The van der Waals surface area contributed by atoms with Crippen molar-refractivity contribution in [1.29, 1.82) is 0 Å². The summed E-state index contributed by atoms with van der Waals surface area (Å²) in [4.78, 5) is 13.3. The number of rotatable bonds is 1. The fourth-order valence-electron chi connectivity index (χ4n) is 7.12. The standard InChI is InChI=1S/C27H24N4O3/c1-27-25(33-2)16(28)11-19(34-27)30-17-9-5-3-7-13(17)21-22-15(12-29-26(22)32)20-14-8-4-6-10-18(14)31(27)24(20)23(21)30/h3-10,16,19,25H,11-12,28H2,1-2H3,(H,29,32)/t16-,19-,25-,27+/m1/s1. The lowest BCUT2D eigenvalue weighted by Crippen LogP contribution is -2.59. The molecule has 2 bridgehead atoms. The van der Waals surface area contributed by atoms with Crippen molar-refractivity contribution in [2.75, 3.05) is 7.11 Å². The van der Waals surface area contributed by atoms with Crippen LogP contribution in [-0.2, 0) is 21.7 Å². The first-order valence-corrected chi connectivity index (χ1v) is 11.8. The number of carbonyl (C=O) groups is 1. The van der Waals surface area contributed by atoms with Crippen molar-refractivity contribution in [2.45, 2.75) is 44.0 Å². The molecule has 170 valence electrons. The summed E-state index contributed by atoms with van der Waals surface area (Å²) in [5.74, 6) is -0.0116. The second kappa shape index (κ2) is 5.99. The Bertz CT molecular complexity index is 1730. The molecule has 7 nitrogen and oxygen atoms in total. The zero-order chi connectivity index (χ0) is 22.9. The van der Waals surface area contributed by atoms with Crippen molar-refractivity contribution in [3.63, 3.8) is 0 Å². The summed E-state index contributed by atoms with van der Waals surface area (Å²) in [6.07, 6.45) is 0.00921. The highest BCUT2D eigenvalue weighted by atomic mass is 16.6. The number of aromatic nitrogens is 2. The predicted molar refractivity (Wildman–Crippen MR) is 131 cm³/mol. The number of nitrogens with zero attached hydrogens (tertiary/aromatic N) is 2. The Balaban J connectivity index is 1.75. The lowest BCUT2D eigenvalue weighted by molar-refractivity contribution is -0.252. The van der Waals surface area contributed by atoms with Crippen molar-refractivity contribution < 1.29 is 14.3 Å². The minimum Gasteiger partial charge on any atom is -0.375 e. The summed E-state index contributed by atoms with van der Waals surface area (Å²) < 4.78 is 17.6. The molecular weight excluding hydrogens is 428 g/mol. The van der Waals surface area contributed by atoms with Crippen molar-refractivity contribution in [1.82, 2.24) is 14.5 Å². The number of amides is 1. The van der Waals surface area contributed by atoms with Crippen LogP contribution in [0.4, 0.5) is 0 Å². The van der Waals surface area contributed by atoms with Gasteiger partial charge in [0.2, 0.25) is 0 Å². The molecule has 1 saturated heterocycles. The minimum absolute atomic E-state index is 0.0116. The highest BCUT2D eigenvalue weighted by Gasteiger charge is 2.52. The van der Waals surface area contributed by atoms with E-state index in [9.17, 15) is 4.79 Å². The molecule has 0 radical (unpaired) electrons. The predicted octanol–water partition coefficient (Wildman–Crippen LogP) is 4.09. The molecule has 3 aromatic carbocycles. The van der Waals surface area contributed by atoms with Gasteiger partial charge in [0.05, 0.1) is 27.6 Å². The maximum atomic E-state index is 13.3. The number of para-hydroxylation sites is 2. The zero-order valence-corrected chi connectivity index (χ0v) is 19.0. The van der Waals surface area contributed by atoms with Crippen LogP contribution in [0.5, 0.6) is 0 Å². The molecule has 3 aliphatic rings. The molecule has 0 aliphatic carbocycles. The first-order valence-electron chi connectivity index (χ1n) is 11.8. The topological polar surface area (TPSA) is 83.4 Å². The van der Waals surface area contributed by atoms with Crippen LogP contribution in [-0.4, -0.2) is 34.3 Å². The van der Waals surface area contributed by atoms with Crippen LogP contribution in [0.15, 0.2) is 48.5 Å². The van der Waals surface area contributed by atoms with Gasteiger partial charge in [0.1, 0.15) is 12.3 Å². The smallest absolute Gasteiger partial charge is 0.252 e. The Hall–Kier alpha value is -3.39. The Morgan fingerprint density at radius 2 is 1.76 bits per heavy atom. The van der Waals surface area contributed by atoms with E-state index in [2.05, 4.69) is 57.8 Å². The Kier molecular flexibility index (Phi) is 3.34. The van der Waals surface area contributed by atoms with Crippen LogP contribution in [0, 0.1) is 0 Å². The monoisotopic (exact) mass is 452 g/mol. The number of methoxy groups -OCH3 is 1. The molecule has 1 amide bonds. The third-order valence-electron chi connectivity index (χ3n) is 8.27. The number of nitrogens with two attached hydrogens (primary N) is 1. The molecule has 0 saturated carbocycles. The largest absolute Gasteiger partial charge is 0.375 e. The van der Waals surface area contributed by atoms with Gasteiger partial charge < -0.3 is 29.7 Å². The molecule has 34 heavy (non-hydrogen) atoms. The summed E-state index contributed by atoms with van der Waals surface area (Å²) in [5, 5.41) is 7.40. The van der Waals surface area contributed by atoms with Gasteiger partial charge in [-0.15, -0.1) is 0 Å². The molecule has 5 heterocycles. The SMILES string of the molecule is CO[C@@H]1[C@H](N)C[C@H]2O[C@]1(C)n1c3ccccc3c3c4c(c5c6ccccc6n2c5c31)C(=O)NC4. The lowest BCUT2D eigenvalue weighted by Gasteiger charge is -2.47. The highest BCUT2D eigenvalue weighted by Crippen LogP contribution is 2.53. The quantitative estimate of drug-likeness (QED) is 0.401. The number of benzene rings is 3. The van der Waals surface area contributed by atoms with Crippen molar-refractivity contribution in [3.05, 3.63) is 59.7 Å². The molecule has 7 heteroatoms. The van der Waals surface area contributed by atoms with E-state index in [0.29, 0.717) is 13.0 Å². The van der Waals surface area contributed by atoms with Gasteiger partial charge in [0.25, 0.3) is 5.91 Å². The summed E-state index contributed by atoms with van der Waals surface area (Å²) in [6, 6.07) is 16.5. The number of ether oxygens (including phenoxy) is 2. The second-order valence-electron chi connectivity index (χ2n) is 9.91. The lowest BCUT2D eigenvalue weighted by atomic mass is 9.93. The average molecular weight is 453 g/mol. The van der Waals surface area contributed by atoms with Crippen LogP contribution in [0.1, 0.15) is 35.5 Å². The van der Waals surface area contributed by atoms with Crippen LogP contribution in [0.2, 0.25) is 0 Å². The van der Waals surface area contributed by atoms with Gasteiger partial charge in [-0.2, -0.15) is 0 Å². The van der Waals surface area contributed by atoms with E-state index in [4.69, 9.17) is 15.2 Å². The van der Waals surface area contributed by atoms with Gasteiger partial charge in [0.15, 0.2) is 5.72 Å². The van der Waals surface area contributed by atoms with E-state index < -0.39 is 5.72 Å². The third kappa shape index (κ3) is 1.92. The van der Waals surface area contributed by atoms with E-state index in [1.54, 1.807) is 7.11 Å². The van der Waals surface area contributed by atoms with E-state index in [0.717, 1.165) is 54.7 Å². The van der Waals surface area contributed by atoms with Gasteiger partial charge in [0, 0.05) is 47.7 Å². The van der Waals surface area contributed by atoms with E-state index >= 15 is 0 Å². The third-order valence-corrected chi connectivity index (χ3v) is 8.27. The Labute approximate surface area is 195 Å². The fourth-order valence-corrected chi connectivity index (χ4v) is 7.12. The molecule has 3 aliphatic heterocycles. The molecule has 1 fully saturated rings. The Morgan fingerprint density at radius 3 is 2.53 bits per heavy atom. The summed E-state index contributed by atoms with van der Waals surface area (Å²) >= 11 is 0. The first kappa shape index (κ1) is 19.0. The number of hydrogen-bond donors (Lipinski definition) is 2. The maximum absolute atomic E-state index is 13.3. The fraction of sp³-hybridized carbons (Fsp3) is 0.296. The Morgan fingerprint density at radius 1 is 1.06 bits per heavy atom. The minimum atomic E-state index is -0.824. The van der Waals surface area contributed by atoms with Crippen molar-refractivity contribution in [2.24, 2.45) is 5.73 Å². The van der Waals surface area contributed by atoms with Gasteiger partial charge in [-0.3, -0.25) is 4.79 Å². The molecule has 3 N–H and O–H groups in total. The molecule has 0 unspecified atom stereocenters. The number of hydrogen-bond acceptors (Lipinski definition) is 4. The molecular formula is C27H24N4O3. The number of nitrogens with one attached hydrogen (secondary N) is 1. The molecule has 2 aromatic heterocycles. The molecule has 0 spiro atoms. The van der Waals surface area contributed by atoms with Gasteiger partial charge in [-0.05, 0) is 24.6 Å². The van der Waals surface area contributed by atoms with E-state index in [-0.39, 0.29) is 24.3 Å². The van der Waals surface area contributed by atoms with E-state index in [1.165, 1.54) is 0 Å². The van der Waals surface area contributed by atoms with Crippen molar-refractivity contribution >= 4 is 49.5 Å². The van der Waals surface area contributed by atoms with Gasteiger partial charge in [-0.25, -0.2) is 0 Å². The van der Waals surface area contributed by atoms with Crippen LogP contribution < -0.4 is 11.1 Å². The normalized spacial score (nSPS) is 27.7. The van der Waals surface area contributed by atoms with Crippen LogP contribution >= 0.6 is 0 Å². The second-order valence-corrected chi connectivity index (χ2v) is 9.91. The molecule has 5 aromatic rings. The molecule has 8 rings (SSSR count). The van der Waals surface area contributed by atoms with Crippen LogP contribution in [0.25, 0.3) is 43.6 Å². The summed E-state index contributed by atoms with van der Waals surface area (Å²) in [5.41, 5.74) is 12.0. The summed E-state index contributed by atoms with van der Waals surface area (Å²) in [6.45, 7) is 2.61. The summed E-state index contributed by atoms with van der Waals surface area (Å²) in [7, 11) is 1.71. The first-order chi connectivity index (χ1) is 16.5. The number of carbonyl (C=O) groups excluding carboxylic acids is 1. The average Bonchev–Trinajstić information content (AvgIpc) is 3.46. The number of fused-ring (bicyclic) bond motifs is 13. The van der Waals surface area contributed by atoms with E-state index in [1.807, 2.05) is 12.1 Å². The molecule has 4 atom stereocenters.